The Labute approximate surface area is 142 Å². The Bertz CT molecular complexity index is 840. The van der Waals surface area contributed by atoms with E-state index < -0.39 is 10.0 Å². The highest BCUT2D eigenvalue weighted by Gasteiger charge is 2.25. The van der Waals surface area contributed by atoms with Gasteiger partial charge in [0.1, 0.15) is 5.82 Å². The van der Waals surface area contributed by atoms with Gasteiger partial charge < -0.3 is 0 Å². The average Bonchev–Trinajstić information content (AvgIpc) is 3.00. The van der Waals surface area contributed by atoms with E-state index in [1.54, 1.807) is 23.0 Å². The van der Waals surface area contributed by atoms with E-state index in [0.717, 1.165) is 37.8 Å². The summed E-state index contributed by atoms with van der Waals surface area (Å²) < 4.78 is 29.7. The predicted molar refractivity (Wildman–Crippen MR) is 91.3 cm³/mol. The molecule has 0 saturated heterocycles. The van der Waals surface area contributed by atoms with Gasteiger partial charge in [0.15, 0.2) is 5.03 Å². The van der Waals surface area contributed by atoms with Gasteiger partial charge in [-0.2, -0.15) is 13.5 Å². The van der Waals surface area contributed by atoms with Crippen molar-refractivity contribution in [2.75, 3.05) is 4.72 Å². The summed E-state index contributed by atoms with van der Waals surface area (Å²) in [7, 11) is -3.67. The number of aromatic nitrogens is 3. The maximum absolute atomic E-state index is 12.7. The Balaban J connectivity index is 1.56. The van der Waals surface area contributed by atoms with Crippen LogP contribution in [-0.2, 0) is 29.4 Å². The van der Waals surface area contributed by atoms with Crippen molar-refractivity contribution in [3.05, 3.63) is 35.7 Å². The zero-order valence-electron chi connectivity index (χ0n) is 13.6. The van der Waals surface area contributed by atoms with Gasteiger partial charge in [0.05, 0.1) is 6.20 Å². The van der Waals surface area contributed by atoms with E-state index in [1.165, 1.54) is 18.4 Å². The molecule has 0 amide bonds. The number of aryl methyl sites for hydroxylation is 2. The first-order chi connectivity index (χ1) is 11.6. The summed E-state index contributed by atoms with van der Waals surface area (Å²) >= 11 is 0. The Morgan fingerprint density at radius 3 is 2.75 bits per heavy atom. The minimum Gasteiger partial charge on any atom is -0.262 e. The van der Waals surface area contributed by atoms with E-state index in [-0.39, 0.29) is 5.03 Å². The minimum atomic E-state index is -3.67. The maximum Gasteiger partial charge on any atom is 0.280 e. The summed E-state index contributed by atoms with van der Waals surface area (Å²) in [6.45, 7) is 0.668. The van der Waals surface area contributed by atoms with Crippen molar-refractivity contribution in [1.82, 2.24) is 14.8 Å². The molecule has 2 aromatic rings. The summed E-state index contributed by atoms with van der Waals surface area (Å²) in [6, 6.07) is 5.30. The van der Waals surface area contributed by atoms with E-state index in [0.29, 0.717) is 18.3 Å². The van der Waals surface area contributed by atoms with Crippen molar-refractivity contribution in [1.29, 1.82) is 0 Å². The molecule has 0 radical (unpaired) electrons. The van der Waals surface area contributed by atoms with Crippen molar-refractivity contribution < 1.29 is 8.42 Å². The summed E-state index contributed by atoms with van der Waals surface area (Å²) in [4.78, 5) is 4.51. The minimum absolute atomic E-state index is 0.217. The Morgan fingerprint density at radius 2 is 1.96 bits per heavy atom. The third kappa shape index (κ3) is 3.05. The molecule has 2 aliphatic rings. The summed E-state index contributed by atoms with van der Waals surface area (Å²) in [6.07, 6.45) is 9.33. The van der Waals surface area contributed by atoms with E-state index in [9.17, 15) is 8.42 Å². The summed E-state index contributed by atoms with van der Waals surface area (Å²) in [5.74, 6) is 0.938. The van der Waals surface area contributed by atoms with Gasteiger partial charge in [-0.1, -0.05) is 12.5 Å². The first-order valence-electron chi connectivity index (χ1n) is 8.65. The molecular formula is C17H22N4O2S. The number of anilines is 1. The van der Waals surface area contributed by atoms with Crippen molar-refractivity contribution >= 4 is 15.8 Å². The van der Waals surface area contributed by atoms with Crippen LogP contribution in [0.15, 0.2) is 29.4 Å². The predicted octanol–water partition coefficient (Wildman–Crippen LogP) is 2.76. The zero-order valence-corrected chi connectivity index (χ0v) is 14.4. The number of fused-ring (bicyclic) bond motifs is 1. The van der Waals surface area contributed by atoms with Crippen LogP contribution >= 0.6 is 0 Å². The molecular weight excluding hydrogens is 324 g/mol. The fraction of sp³-hybridized carbons (Fsp3) is 0.529. The van der Waals surface area contributed by atoms with Crippen LogP contribution in [0, 0.1) is 5.92 Å². The topological polar surface area (TPSA) is 76.9 Å². The number of hydrogen-bond donors (Lipinski definition) is 1. The van der Waals surface area contributed by atoms with Gasteiger partial charge in [0, 0.05) is 12.2 Å². The number of hydrogen-bond acceptors (Lipinski definition) is 4. The van der Waals surface area contributed by atoms with E-state index >= 15 is 0 Å². The van der Waals surface area contributed by atoms with Crippen molar-refractivity contribution in [3.8, 4) is 0 Å². The quantitative estimate of drug-likeness (QED) is 0.903. The molecule has 128 valence electrons. The number of nitrogens with one attached hydrogen (secondary N) is 1. The van der Waals surface area contributed by atoms with Crippen molar-refractivity contribution in [3.63, 3.8) is 0 Å². The fourth-order valence-electron chi connectivity index (χ4n) is 3.43. The molecule has 1 fully saturated rings. The number of sulfonamides is 1. The summed E-state index contributed by atoms with van der Waals surface area (Å²) in [5.41, 5.74) is 2.25. The van der Waals surface area contributed by atoms with E-state index in [2.05, 4.69) is 14.8 Å². The normalized spacial score (nSPS) is 18.0. The van der Waals surface area contributed by atoms with Gasteiger partial charge in [0.25, 0.3) is 10.0 Å². The second-order valence-corrected chi connectivity index (χ2v) is 8.39. The number of pyridine rings is 1. The standard InChI is InChI=1S/C17H22N4O2S/c22-24(23,17-10-11-18-21(17)12-13-4-3-5-13)20-16-9-8-14-6-1-2-7-15(14)19-16/h8-11,13H,1-7,12H2,(H,19,20). The molecule has 0 aromatic carbocycles. The van der Waals surface area contributed by atoms with Crippen molar-refractivity contribution in [2.45, 2.75) is 56.5 Å². The van der Waals surface area contributed by atoms with E-state index in [1.807, 2.05) is 6.07 Å². The highest BCUT2D eigenvalue weighted by atomic mass is 32.2. The molecule has 0 unspecified atom stereocenters. The van der Waals surface area contributed by atoms with Gasteiger partial charge in [-0.15, -0.1) is 0 Å². The number of rotatable bonds is 5. The monoisotopic (exact) mass is 346 g/mol. The molecule has 0 spiro atoms. The molecule has 7 heteroatoms. The molecule has 24 heavy (non-hydrogen) atoms. The molecule has 1 N–H and O–H groups in total. The van der Waals surface area contributed by atoms with Crippen molar-refractivity contribution in [2.24, 2.45) is 5.92 Å². The molecule has 6 nitrogen and oxygen atoms in total. The molecule has 2 heterocycles. The third-order valence-electron chi connectivity index (χ3n) is 5.03. The lowest BCUT2D eigenvalue weighted by Crippen LogP contribution is -2.24. The Kier molecular flexibility index (Phi) is 4.04. The lowest BCUT2D eigenvalue weighted by molar-refractivity contribution is 0.258. The SMILES string of the molecule is O=S(=O)(Nc1ccc2c(n1)CCCC2)c1ccnn1CC1CCC1. The van der Waals surface area contributed by atoms with Gasteiger partial charge in [-0.3, -0.25) is 9.40 Å². The molecule has 2 aromatic heterocycles. The first-order valence-corrected chi connectivity index (χ1v) is 10.1. The van der Waals surface area contributed by atoms with E-state index in [4.69, 9.17) is 0 Å². The van der Waals surface area contributed by atoms with Gasteiger partial charge in [-0.25, -0.2) is 4.98 Å². The summed E-state index contributed by atoms with van der Waals surface area (Å²) in [5, 5.41) is 4.41. The van der Waals surface area contributed by atoms with Gasteiger partial charge >= 0.3 is 0 Å². The molecule has 0 bridgehead atoms. The van der Waals surface area contributed by atoms with Crippen LogP contribution in [0.5, 0.6) is 0 Å². The lowest BCUT2D eigenvalue weighted by atomic mass is 9.85. The maximum atomic E-state index is 12.7. The van der Waals surface area contributed by atoms with Gasteiger partial charge in [-0.05, 0) is 62.1 Å². The van der Waals surface area contributed by atoms with Gasteiger partial charge in [0.2, 0.25) is 0 Å². The second kappa shape index (κ2) is 6.20. The average molecular weight is 346 g/mol. The first kappa shape index (κ1) is 15.6. The largest absolute Gasteiger partial charge is 0.280 e. The lowest BCUT2D eigenvalue weighted by Gasteiger charge is -2.25. The molecule has 0 atom stereocenters. The second-order valence-electron chi connectivity index (χ2n) is 6.76. The van der Waals surface area contributed by atoms with Crippen LogP contribution in [-0.4, -0.2) is 23.2 Å². The smallest absolute Gasteiger partial charge is 0.262 e. The molecule has 1 saturated carbocycles. The zero-order chi connectivity index (χ0) is 16.6. The molecule has 0 aliphatic heterocycles. The van der Waals surface area contributed by atoms with Crippen LogP contribution in [0.4, 0.5) is 5.82 Å². The third-order valence-corrected chi connectivity index (χ3v) is 6.40. The molecule has 4 rings (SSSR count). The van der Waals surface area contributed by atoms with Crippen LogP contribution in [0.3, 0.4) is 0 Å². The van der Waals surface area contributed by atoms with Crippen LogP contribution in [0.1, 0.15) is 43.4 Å². The fourth-order valence-corrected chi connectivity index (χ4v) is 4.57. The van der Waals surface area contributed by atoms with Crippen LogP contribution in [0.2, 0.25) is 0 Å². The Morgan fingerprint density at radius 1 is 1.12 bits per heavy atom. The number of nitrogens with zero attached hydrogens (tertiary/aromatic N) is 3. The highest BCUT2D eigenvalue weighted by molar-refractivity contribution is 7.92. The Hall–Kier alpha value is -1.89. The van der Waals surface area contributed by atoms with Crippen LogP contribution in [0.25, 0.3) is 0 Å². The molecule has 2 aliphatic carbocycles. The highest BCUT2D eigenvalue weighted by Crippen LogP contribution is 2.29. The van der Waals surface area contributed by atoms with Crippen LogP contribution < -0.4 is 4.72 Å².